The van der Waals surface area contributed by atoms with Crippen molar-refractivity contribution in [1.82, 2.24) is 10.2 Å². The van der Waals surface area contributed by atoms with Crippen LogP contribution in [0.5, 0.6) is 0 Å². The van der Waals surface area contributed by atoms with Gasteiger partial charge in [-0.15, -0.1) is 0 Å². The summed E-state index contributed by atoms with van der Waals surface area (Å²) >= 11 is 7.62. The standard InChI is InChI=1S/C15H15ClF2N2S/c16-14-12(18)2-1-11(17)13(14)15(10-3-8-21-9-10)20-6-4-19-5-7-20/h1-3,8-9,15,19H,4-7H2/t15-/m1/s1. The molecule has 6 heteroatoms. The van der Waals surface area contributed by atoms with Gasteiger partial charge in [0.1, 0.15) is 11.6 Å². The average molecular weight is 329 g/mol. The van der Waals surface area contributed by atoms with Gasteiger partial charge >= 0.3 is 0 Å². The average Bonchev–Trinajstić information content (AvgIpc) is 3.02. The zero-order valence-electron chi connectivity index (χ0n) is 11.3. The van der Waals surface area contributed by atoms with E-state index in [1.807, 2.05) is 16.8 Å². The molecule has 0 unspecified atom stereocenters. The molecule has 21 heavy (non-hydrogen) atoms. The number of halogens is 3. The number of rotatable bonds is 3. The first-order valence-corrected chi connectivity index (χ1v) is 8.11. The van der Waals surface area contributed by atoms with E-state index in [0.29, 0.717) is 0 Å². The molecule has 1 atom stereocenters. The van der Waals surface area contributed by atoms with E-state index in [1.54, 1.807) is 11.3 Å². The fourth-order valence-electron chi connectivity index (χ4n) is 2.72. The van der Waals surface area contributed by atoms with Crippen molar-refractivity contribution in [2.45, 2.75) is 6.04 Å². The number of benzene rings is 1. The molecule has 1 aliphatic heterocycles. The molecular weight excluding hydrogens is 314 g/mol. The van der Waals surface area contributed by atoms with Crippen molar-refractivity contribution in [2.24, 2.45) is 0 Å². The Morgan fingerprint density at radius 1 is 1.14 bits per heavy atom. The zero-order valence-corrected chi connectivity index (χ0v) is 12.9. The Kier molecular flexibility index (Phi) is 4.54. The quantitative estimate of drug-likeness (QED) is 0.865. The second kappa shape index (κ2) is 6.40. The van der Waals surface area contributed by atoms with Gasteiger partial charge in [0.05, 0.1) is 11.1 Å². The van der Waals surface area contributed by atoms with Crippen LogP contribution in [0.1, 0.15) is 17.2 Å². The molecule has 0 saturated carbocycles. The maximum Gasteiger partial charge on any atom is 0.142 e. The minimum Gasteiger partial charge on any atom is -0.314 e. The highest BCUT2D eigenvalue weighted by Gasteiger charge is 2.29. The van der Waals surface area contributed by atoms with E-state index in [1.165, 1.54) is 0 Å². The Labute approximate surface area is 131 Å². The van der Waals surface area contributed by atoms with Crippen LogP contribution in [-0.2, 0) is 0 Å². The van der Waals surface area contributed by atoms with Crippen LogP contribution in [0.25, 0.3) is 0 Å². The summed E-state index contributed by atoms with van der Waals surface area (Å²) in [6, 6.07) is 3.82. The summed E-state index contributed by atoms with van der Waals surface area (Å²) in [4.78, 5) is 2.14. The van der Waals surface area contributed by atoms with Gasteiger partial charge in [-0.3, -0.25) is 4.90 Å². The maximum absolute atomic E-state index is 14.3. The molecule has 2 aromatic rings. The summed E-state index contributed by atoms with van der Waals surface area (Å²) in [5.74, 6) is -1.04. The van der Waals surface area contributed by atoms with Crippen molar-refractivity contribution in [2.75, 3.05) is 26.2 Å². The fraction of sp³-hybridized carbons (Fsp3) is 0.333. The van der Waals surface area contributed by atoms with Gasteiger partial charge in [0.2, 0.25) is 0 Å². The van der Waals surface area contributed by atoms with Crippen LogP contribution in [0, 0.1) is 11.6 Å². The molecule has 1 aliphatic rings. The minimum atomic E-state index is -0.580. The molecule has 0 aliphatic carbocycles. The normalized spacial score (nSPS) is 17.9. The van der Waals surface area contributed by atoms with E-state index in [2.05, 4.69) is 10.2 Å². The summed E-state index contributed by atoms with van der Waals surface area (Å²) in [6.07, 6.45) is 0. The van der Waals surface area contributed by atoms with Gasteiger partial charge in [-0.05, 0) is 34.5 Å². The monoisotopic (exact) mass is 328 g/mol. The summed E-state index contributed by atoms with van der Waals surface area (Å²) in [7, 11) is 0. The van der Waals surface area contributed by atoms with E-state index in [0.717, 1.165) is 43.9 Å². The highest BCUT2D eigenvalue weighted by molar-refractivity contribution is 7.08. The fourth-order valence-corrected chi connectivity index (χ4v) is 3.66. The molecule has 1 fully saturated rings. The predicted octanol–water partition coefficient (Wildman–Crippen LogP) is 3.67. The van der Waals surface area contributed by atoms with Gasteiger partial charge in [0.15, 0.2) is 0 Å². The smallest absolute Gasteiger partial charge is 0.142 e. The highest BCUT2D eigenvalue weighted by atomic mass is 35.5. The van der Waals surface area contributed by atoms with Crippen LogP contribution >= 0.6 is 22.9 Å². The Morgan fingerprint density at radius 2 is 1.86 bits per heavy atom. The molecule has 1 N–H and O–H groups in total. The first-order chi connectivity index (χ1) is 10.2. The lowest BCUT2D eigenvalue weighted by atomic mass is 9.98. The first-order valence-electron chi connectivity index (χ1n) is 6.78. The van der Waals surface area contributed by atoms with Crippen molar-refractivity contribution in [1.29, 1.82) is 0 Å². The van der Waals surface area contributed by atoms with E-state index in [-0.39, 0.29) is 16.6 Å². The van der Waals surface area contributed by atoms with Gasteiger partial charge in [-0.1, -0.05) is 11.6 Å². The van der Waals surface area contributed by atoms with Gasteiger partial charge in [0, 0.05) is 31.7 Å². The van der Waals surface area contributed by atoms with Gasteiger partial charge in [0.25, 0.3) is 0 Å². The lowest BCUT2D eigenvalue weighted by Crippen LogP contribution is -2.45. The van der Waals surface area contributed by atoms with Crippen molar-refractivity contribution >= 4 is 22.9 Å². The molecule has 1 saturated heterocycles. The topological polar surface area (TPSA) is 15.3 Å². The van der Waals surface area contributed by atoms with Crippen molar-refractivity contribution < 1.29 is 8.78 Å². The second-order valence-corrected chi connectivity index (χ2v) is 6.16. The summed E-state index contributed by atoms with van der Waals surface area (Å²) < 4.78 is 28.1. The Morgan fingerprint density at radius 3 is 2.52 bits per heavy atom. The molecule has 2 heterocycles. The summed E-state index contributed by atoms with van der Waals surface area (Å²) in [5, 5.41) is 7.05. The molecular formula is C15H15ClF2N2S. The second-order valence-electron chi connectivity index (χ2n) is 5.00. The molecule has 0 spiro atoms. The van der Waals surface area contributed by atoms with Gasteiger partial charge < -0.3 is 5.32 Å². The number of piperazine rings is 1. The Bertz CT molecular complexity index is 612. The van der Waals surface area contributed by atoms with Crippen LogP contribution in [0.2, 0.25) is 5.02 Å². The van der Waals surface area contributed by atoms with Gasteiger partial charge in [-0.25, -0.2) is 8.78 Å². The minimum absolute atomic E-state index is 0.121. The number of nitrogens with zero attached hydrogens (tertiary/aromatic N) is 1. The molecule has 1 aromatic carbocycles. The van der Waals surface area contributed by atoms with Crippen molar-refractivity contribution in [3.05, 3.63) is 56.7 Å². The molecule has 0 bridgehead atoms. The van der Waals surface area contributed by atoms with E-state index in [4.69, 9.17) is 11.6 Å². The third-order valence-corrected chi connectivity index (χ3v) is 4.81. The van der Waals surface area contributed by atoms with Crippen LogP contribution < -0.4 is 5.32 Å². The molecule has 1 aromatic heterocycles. The summed E-state index contributed by atoms with van der Waals surface area (Å²) in [5.41, 5.74) is 1.19. The molecule has 2 nitrogen and oxygen atoms in total. The van der Waals surface area contributed by atoms with Crippen LogP contribution in [0.3, 0.4) is 0 Å². The van der Waals surface area contributed by atoms with E-state index < -0.39 is 11.6 Å². The van der Waals surface area contributed by atoms with Crippen LogP contribution in [-0.4, -0.2) is 31.1 Å². The highest BCUT2D eigenvalue weighted by Crippen LogP contribution is 2.37. The van der Waals surface area contributed by atoms with Crippen LogP contribution in [0.4, 0.5) is 8.78 Å². The third kappa shape index (κ3) is 2.97. The number of nitrogens with one attached hydrogen (secondary N) is 1. The van der Waals surface area contributed by atoms with Crippen molar-refractivity contribution in [3.8, 4) is 0 Å². The lowest BCUT2D eigenvalue weighted by molar-refractivity contribution is 0.195. The lowest BCUT2D eigenvalue weighted by Gasteiger charge is -2.35. The molecule has 0 radical (unpaired) electrons. The summed E-state index contributed by atoms with van der Waals surface area (Å²) in [6.45, 7) is 3.20. The number of hydrogen-bond acceptors (Lipinski definition) is 3. The maximum atomic E-state index is 14.3. The Hall–Kier alpha value is -1.01. The molecule has 3 rings (SSSR count). The third-order valence-electron chi connectivity index (χ3n) is 3.73. The zero-order chi connectivity index (χ0) is 14.8. The first kappa shape index (κ1) is 14.9. The number of thiophene rings is 1. The van der Waals surface area contributed by atoms with E-state index >= 15 is 0 Å². The van der Waals surface area contributed by atoms with Gasteiger partial charge in [-0.2, -0.15) is 11.3 Å². The van der Waals surface area contributed by atoms with Crippen LogP contribution in [0.15, 0.2) is 29.0 Å². The largest absolute Gasteiger partial charge is 0.314 e. The SMILES string of the molecule is Fc1ccc(F)c([C@@H](c2ccsc2)N2CCNCC2)c1Cl. The molecule has 112 valence electrons. The van der Waals surface area contributed by atoms with Crippen molar-refractivity contribution in [3.63, 3.8) is 0 Å². The van der Waals surface area contributed by atoms with E-state index in [9.17, 15) is 8.78 Å². The predicted molar refractivity (Wildman–Crippen MR) is 82.0 cm³/mol. The number of hydrogen-bond donors (Lipinski definition) is 1. The Balaban J connectivity index is 2.09. The molecule has 0 amide bonds.